The lowest BCUT2D eigenvalue weighted by Gasteiger charge is -2.24. The number of para-hydroxylation sites is 1. The van der Waals surface area contributed by atoms with Gasteiger partial charge in [-0.05, 0) is 49.4 Å². The second kappa shape index (κ2) is 8.27. The van der Waals surface area contributed by atoms with Crippen molar-refractivity contribution in [3.05, 3.63) is 60.4 Å². The van der Waals surface area contributed by atoms with E-state index in [0.29, 0.717) is 13.2 Å². The fraction of sp³-hybridized carbons (Fsp3) is 0.294. The number of anilines is 1. The number of hydrogen-bond donors (Lipinski definition) is 1. The first kappa shape index (κ1) is 15.3. The summed E-state index contributed by atoms with van der Waals surface area (Å²) in [5, 5.41) is 0. The van der Waals surface area contributed by atoms with Crippen LogP contribution in [0.25, 0.3) is 0 Å². The molecule has 0 saturated carbocycles. The lowest BCUT2D eigenvalue weighted by atomic mass is 10.2. The minimum absolute atomic E-state index is 0.224. The van der Waals surface area contributed by atoms with E-state index in [0.717, 1.165) is 30.9 Å². The Morgan fingerprint density at radius 3 is 2.33 bits per heavy atom. The third-order valence-electron chi connectivity index (χ3n) is 3.20. The van der Waals surface area contributed by atoms with E-state index >= 15 is 0 Å². The Morgan fingerprint density at radius 1 is 0.952 bits per heavy atom. The first-order chi connectivity index (χ1) is 10.3. The predicted octanol–water partition coefficient (Wildman–Crippen LogP) is 3.06. The maximum Gasteiger partial charge on any atom is 0.123 e. The molecular formula is C17H21FN2O. The van der Waals surface area contributed by atoms with Gasteiger partial charge in [0.05, 0.1) is 6.54 Å². The van der Waals surface area contributed by atoms with Crippen molar-refractivity contribution in [2.75, 3.05) is 31.1 Å². The number of rotatable bonds is 8. The van der Waals surface area contributed by atoms with Gasteiger partial charge < -0.3 is 15.4 Å². The van der Waals surface area contributed by atoms with Crippen LogP contribution in [0.5, 0.6) is 5.75 Å². The second-order valence-electron chi connectivity index (χ2n) is 4.77. The van der Waals surface area contributed by atoms with Crippen LogP contribution in [-0.2, 0) is 0 Å². The summed E-state index contributed by atoms with van der Waals surface area (Å²) in [6.45, 7) is 2.78. The fourth-order valence-corrected chi connectivity index (χ4v) is 2.09. The van der Waals surface area contributed by atoms with Gasteiger partial charge in [0.25, 0.3) is 0 Å². The van der Waals surface area contributed by atoms with Crippen LogP contribution in [-0.4, -0.2) is 26.2 Å². The molecule has 0 aliphatic carbocycles. The van der Waals surface area contributed by atoms with Crippen LogP contribution < -0.4 is 15.4 Å². The van der Waals surface area contributed by atoms with Crippen LogP contribution in [0, 0.1) is 5.82 Å². The third kappa shape index (κ3) is 5.08. The molecule has 0 radical (unpaired) electrons. The van der Waals surface area contributed by atoms with Crippen molar-refractivity contribution in [2.24, 2.45) is 5.73 Å². The molecule has 4 heteroatoms. The fourth-order valence-electron chi connectivity index (χ4n) is 2.09. The highest BCUT2D eigenvalue weighted by Crippen LogP contribution is 2.15. The molecule has 21 heavy (non-hydrogen) atoms. The zero-order chi connectivity index (χ0) is 14.9. The van der Waals surface area contributed by atoms with Crippen LogP contribution in [0.15, 0.2) is 54.6 Å². The quantitative estimate of drug-likeness (QED) is 0.811. The van der Waals surface area contributed by atoms with Gasteiger partial charge in [0.15, 0.2) is 0 Å². The molecule has 112 valence electrons. The summed E-state index contributed by atoms with van der Waals surface area (Å²) < 4.78 is 18.7. The van der Waals surface area contributed by atoms with Gasteiger partial charge in [0.1, 0.15) is 18.2 Å². The molecule has 0 heterocycles. The first-order valence-corrected chi connectivity index (χ1v) is 7.18. The van der Waals surface area contributed by atoms with Crippen molar-refractivity contribution in [1.82, 2.24) is 0 Å². The highest BCUT2D eigenvalue weighted by atomic mass is 19.1. The lowest BCUT2D eigenvalue weighted by molar-refractivity contribution is 0.323. The molecule has 2 aromatic rings. The summed E-state index contributed by atoms with van der Waals surface area (Å²) in [5.74, 6) is 0.633. The number of benzene rings is 2. The first-order valence-electron chi connectivity index (χ1n) is 7.18. The van der Waals surface area contributed by atoms with E-state index in [1.807, 2.05) is 30.3 Å². The van der Waals surface area contributed by atoms with Gasteiger partial charge in [-0.3, -0.25) is 0 Å². The Morgan fingerprint density at radius 2 is 1.67 bits per heavy atom. The van der Waals surface area contributed by atoms with Crippen LogP contribution in [0.3, 0.4) is 0 Å². The van der Waals surface area contributed by atoms with Crippen LogP contribution in [0.2, 0.25) is 0 Å². The van der Waals surface area contributed by atoms with E-state index in [-0.39, 0.29) is 5.82 Å². The number of ether oxygens (including phenoxy) is 1. The molecule has 0 aromatic heterocycles. The maximum atomic E-state index is 13.0. The van der Waals surface area contributed by atoms with Gasteiger partial charge in [0.2, 0.25) is 0 Å². The Kier molecular flexibility index (Phi) is 6.03. The van der Waals surface area contributed by atoms with E-state index in [2.05, 4.69) is 4.90 Å². The summed E-state index contributed by atoms with van der Waals surface area (Å²) in [4.78, 5) is 2.16. The van der Waals surface area contributed by atoms with Crippen LogP contribution in [0.1, 0.15) is 6.42 Å². The summed E-state index contributed by atoms with van der Waals surface area (Å²) in [5.41, 5.74) is 6.57. The molecule has 0 aliphatic rings. The van der Waals surface area contributed by atoms with Gasteiger partial charge in [-0.1, -0.05) is 18.2 Å². The Balaban J connectivity index is 1.91. The zero-order valence-electron chi connectivity index (χ0n) is 12.0. The largest absolute Gasteiger partial charge is 0.492 e. The predicted molar refractivity (Wildman–Crippen MR) is 84.2 cm³/mol. The Bertz CT molecular complexity index is 516. The van der Waals surface area contributed by atoms with Crippen LogP contribution in [0.4, 0.5) is 10.1 Å². The summed E-state index contributed by atoms with van der Waals surface area (Å²) in [6.07, 6.45) is 0.892. The molecule has 0 unspecified atom stereocenters. The number of nitrogens with two attached hydrogens (primary N) is 1. The Hall–Kier alpha value is -2.07. The minimum Gasteiger partial charge on any atom is -0.492 e. The minimum atomic E-state index is -0.224. The number of nitrogens with zero attached hydrogens (tertiary/aromatic N) is 1. The molecule has 0 atom stereocenters. The standard InChI is InChI=1S/C17H21FN2O/c18-15-7-9-16(10-8-15)20(12-4-11-19)13-14-21-17-5-2-1-3-6-17/h1-3,5-10H,4,11-14,19H2. The highest BCUT2D eigenvalue weighted by molar-refractivity contribution is 5.46. The zero-order valence-corrected chi connectivity index (χ0v) is 12.0. The molecule has 0 amide bonds. The average molecular weight is 288 g/mol. The molecule has 0 spiro atoms. The van der Waals surface area contributed by atoms with E-state index in [9.17, 15) is 4.39 Å². The van der Waals surface area contributed by atoms with Gasteiger partial charge in [-0.25, -0.2) is 4.39 Å². The molecule has 2 aromatic carbocycles. The van der Waals surface area contributed by atoms with Gasteiger partial charge in [0, 0.05) is 12.2 Å². The van der Waals surface area contributed by atoms with E-state index in [4.69, 9.17) is 10.5 Å². The molecule has 3 nitrogen and oxygen atoms in total. The molecule has 0 aliphatic heterocycles. The molecule has 2 rings (SSSR count). The molecule has 0 fully saturated rings. The monoisotopic (exact) mass is 288 g/mol. The summed E-state index contributed by atoms with van der Waals surface area (Å²) >= 11 is 0. The van der Waals surface area contributed by atoms with Gasteiger partial charge in [-0.15, -0.1) is 0 Å². The second-order valence-corrected chi connectivity index (χ2v) is 4.77. The van der Waals surface area contributed by atoms with Gasteiger partial charge >= 0.3 is 0 Å². The summed E-state index contributed by atoms with van der Waals surface area (Å²) in [6, 6.07) is 16.2. The molecular weight excluding hydrogens is 267 g/mol. The topological polar surface area (TPSA) is 38.5 Å². The number of halogens is 1. The van der Waals surface area contributed by atoms with E-state index < -0.39 is 0 Å². The van der Waals surface area contributed by atoms with Crippen molar-refractivity contribution in [3.63, 3.8) is 0 Å². The van der Waals surface area contributed by atoms with Crippen molar-refractivity contribution in [3.8, 4) is 5.75 Å². The Labute approximate surface area is 125 Å². The van der Waals surface area contributed by atoms with Crippen LogP contribution >= 0.6 is 0 Å². The molecule has 0 bridgehead atoms. The molecule has 0 saturated heterocycles. The van der Waals surface area contributed by atoms with Crippen molar-refractivity contribution < 1.29 is 9.13 Å². The van der Waals surface area contributed by atoms with Crippen molar-refractivity contribution in [2.45, 2.75) is 6.42 Å². The van der Waals surface area contributed by atoms with Crippen molar-refractivity contribution in [1.29, 1.82) is 0 Å². The van der Waals surface area contributed by atoms with E-state index in [1.165, 1.54) is 12.1 Å². The lowest BCUT2D eigenvalue weighted by Crippen LogP contribution is -2.30. The maximum absolute atomic E-state index is 13.0. The van der Waals surface area contributed by atoms with Gasteiger partial charge in [-0.2, -0.15) is 0 Å². The highest BCUT2D eigenvalue weighted by Gasteiger charge is 2.06. The van der Waals surface area contributed by atoms with E-state index in [1.54, 1.807) is 12.1 Å². The molecule has 2 N–H and O–H groups in total. The third-order valence-corrected chi connectivity index (χ3v) is 3.20. The number of hydrogen-bond acceptors (Lipinski definition) is 3. The SMILES string of the molecule is NCCCN(CCOc1ccccc1)c1ccc(F)cc1. The normalized spacial score (nSPS) is 10.4. The summed E-state index contributed by atoms with van der Waals surface area (Å²) in [7, 11) is 0. The van der Waals surface area contributed by atoms with Crippen molar-refractivity contribution >= 4 is 5.69 Å². The average Bonchev–Trinajstić information content (AvgIpc) is 2.53. The smallest absolute Gasteiger partial charge is 0.123 e.